The first-order valence-corrected chi connectivity index (χ1v) is 6.90. The molecule has 0 aliphatic rings. The van der Waals surface area contributed by atoms with Crippen molar-refractivity contribution in [2.75, 3.05) is 19.6 Å². The van der Waals surface area contributed by atoms with Crippen molar-refractivity contribution in [3.63, 3.8) is 0 Å². The van der Waals surface area contributed by atoms with Crippen molar-refractivity contribution in [1.29, 1.82) is 5.26 Å². The molecule has 0 amide bonds. The van der Waals surface area contributed by atoms with Crippen LogP contribution >= 0.6 is 0 Å². The summed E-state index contributed by atoms with van der Waals surface area (Å²) in [5, 5.41) is 8.99. The summed E-state index contributed by atoms with van der Waals surface area (Å²) in [5.74, 6) is 1.44. The second-order valence-electron chi connectivity index (χ2n) is 6.65. The van der Waals surface area contributed by atoms with Crippen LogP contribution in [0.2, 0.25) is 0 Å². The monoisotopic (exact) mass is 238 g/mol. The zero-order chi connectivity index (χ0) is 13.5. The molecule has 0 saturated heterocycles. The van der Waals surface area contributed by atoms with Crippen LogP contribution in [0.15, 0.2) is 0 Å². The lowest BCUT2D eigenvalue weighted by Crippen LogP contribution is -2.32. The Morgan fingerprint density at radius 3 is 1.88 bits per heavy atom. The van der Waals surface area contributed by atoms with E-state index in [1.807, 2.05) is 13.8 Å². The third-order valence-electron chi connectivity index (χ3n) is 2.83. The Morgan fingerprint density at radius 2 is 1.53 bits per heavy atom. The molecule has 100 valence electrons. The van der Waals surface area contributed by atoms with Crippen molar-refractivity contribution in [1.82, 2.24) is 4.90 Å². The van der Waals surface area contributed by atoms with Gasteiger partial charge < -0.3 is 4.90 Å². The van der Waals surface area contributed by atoms with Crippen LogP contribution < -0.4 is 0 Å². The van der Waals surface area contributed by atoms with Crippen molar-refractivity contribution in [3.8, 4) is 6.07 Å². The third kappa shape index (κ3) is 9.18. The van der Waals surface area contributed by atoms with Crippen LogP contribution in [-0.4, -0.2) is 24.5 Å². The Hall–Kier alpha value is -0.550. The Balaban J connectivity index is 4.04. The molecule has 0 N–H and O–H groups in total. The average Bonchev–Trinajstić information content (AvgIpc) is 2.15. The van der Waals surface area contributed by atoms with Gasteiger partial charge in [0.05, 0.1) is 11.5 Å². The fourth-order valence-corrected chi connectivity index (χ4v) is 2.09. The highest BCUT2D eigenvalue weighted by Crippen LogP contribution is 2.21. The highest BCUT2D eigenvalue weighted by molar-refractivity contribution is 4.91. The molecule has 0 aromatic carbocycles. The lowest BCUT2D eigenvalue weighted by molar-refractivity contribution is 0.208. The molecular weight excluding hydrogens is 208 g/mol. The van der Waals surface area contributed by atoms with Crippen LogP contribution in [0.3, 0.4) is 0 Å². The van der Waals surface area contributed by atoms with E-state index in [0.717, 1.165) is 31.2 Å². The Labute approximate surface area is 108 Å². The quantitative estimate of drug-likeness (QED) is 0.640. The van der Waals surface area contributed by atoms with E-state index in [1.165, 1.54) is 13.1 Å². The van der Waals surface area contributed by atoms with Crippen LogP contribution in [0.5, 0.6) is 0 Å². The Kier molecular flexibility index (Phi) is 7.46. The molecule has 0 spiro atoms. The van der Waals surface area contributed by atoms with Gasteiger partial charge in [0.15, 0.2) is 0 Å². The second-order valence-corrected chi connectivity index (χ2v) is 6.65. The summed E-state index contributed by atoms with van der Waals surface area (Å²) in [7, 11) is 0. The standard InChI is InChI=1S/C15H30N2/c1-13(2)10-17(11-14(3)4)9-7-8-15(5,6)12-16/h13-14H,7-11H2,1-6H3. The van der Waals surface area contributed by atoms with Gasteiger partial charge in [0.1, 0.15) is 0 Å². The Bertz CT molecular complexity index is 226. The van der Waals surface area contributed by atoms with Gasteiger partial charge in [0.25, 0.3) is 0 Å². The average molecular weight is 238 g/mol. The summed E-state index contributed by atoms with van der Waals surface area (Å²) in [6.07, 6.45) is 2.12. The third-order valence-corrected chi connectivity index (χ3v) is 2.83. The number of hydrogen-bond donors (Lipinski definition) is 0. The van der Waals surface area contributed by atoms with E-state index in [2.05, 4.69) is 38.7 Å². The summed E-state index contributed by atoms with van der Waals surface area (Å²) < 4.78 is 0. The van der Waals surface area contributed by atoms with Crippen molar-refractivity contribution < 1.29 is 0 Å². The fraction of sp³-hybridized carbons (Fsp3) is 0.933. The van der Waals surface area contributed by atoms with Gasteiger partial charge >= 0.3 is 0 Å². The zero-order valence-corrected chi connectivity index (χ0v) is 12.6. The number of nitriles is 1. The van der Waals surface area contributed by atoms with Crippen molar-refractivity contribution in [2.45, 2.75) is 54.4 Å². The maximum absolute atomic E-state index is 8.99. The summed E-state index contributed by atoms with van der Waals surface area (Å²) in [5.41, 5.74) is -0.165. The minimum absolute atomic E-state index is 0.165. The zero-order valence-electron chi connectivity index (χ0n) is 12.6. The van der Waals surface area contributed by atoms with E-state index in [-0.39, 0.29) is 5.41 Å². The molecule has 0 aromatic heterocycles. The molecule has 0 atom stereocenters. The van der Waals surface area contributed by atoms with Gasteiger partial charge in [-0.15, -0.1) is 0 Å². The number of nitrogens with zero attached hydrogens (tertiary/aromatic N) is 2. The normalized spacial score (nSPS) is 12.5. The SMILES string of the molecule is CC(C)CN(CCCC(C)(C)C#N)CC(C)C. The van der Waals surface area contributed by atoms with Crippen molar-refractivity contribution >= 4 is 0 Å². The van der Waals surface area contributed by atoms with Crippen molar-refractivity contribution in [3.05, 3.63) is 0 Å². The molecule has 0 saturated carbocycles. The van der Waals surface area contributed by atoms with Crippen LogP contribution in [0.25, 0.3) is 0 Å². The smallest absolute Gasteiger partial charge is 0.0683 e. The molecule has 0 aliphatic heterocycles. The van der Waals surface area contributed by atoms with E-state index < -0.39 is 0 Å². The number of rotatable bonds is 8. The molecule has 0 aliphatic carbocycles. The fourth-order valence-electron chi connectivity index (χ4n) is 2.09. The summed E-state index contributed by atoms with van der Waals surface area (Å²) >= 11 is 0. The maximum Gasteiger partial charge on any atom is 0.0683 e. The van der Waals surface area contributed by atoms with E-state index in [0.29, 0.717) is 0 Å². The van der Waals surface area contributed by atoms with E-state index in [4.69, 9.17) is 5.26 Å². The van der Waals surface area contributed by atoms with Crippen LogP contribution in [0.4, 0.5) is 0 Å². The van der Waals surface area contributed by atoms with Crippen LogP contribution in [0, 0.1) is 28.6 Å². The first kappa shape index (κ1) is 16.4. The van der Waals surface area contributed by atoms with E-state index in [9.17, 15) is 0 Å². The molecule has 2 nitrogen and oxygen atoms in total. The van der Waals surface area contributed by atoms with Crippen LogP contribution in [-0.2, 0) is 0 Å². The molecular formula is C15H30N2. The minimum atomic E-state index is -0.165. The van der Waals surface area contributed by atoms with Gasteiger partial charge in [-0.05, 0) is 45.1 Å². The minimum Gasteiger partial charge on any atom is -0.303 e. The molecule has 2 heteroatoms. The second kappa shape index (κ2) is 7.71. The topological polar surface area (TPSA) is 27.0 Å². The summed E-state index contributed by atoms with van der Waals surface area (Å²) in [6, 6.07) is 2.38. The lowest BCUT2D eigenvalue weighted by Gasteiger charge is -2.27. The van der Waals surface area contributed by atoms with Gasteiger partial charge in [-0.25, -0.2) is 0 Å². The van der Waals surface area contributed by atoms with E-state index >= 15 is 0 Å². The van der Waals surface area contributed by atoms with Gasteiger partial charge in [-0.1, -0.05) is 27.7 Å². The summed E-state index contributed by atoms with van der Waals surface area (Å²) in [4.78, 5) is 2.54. The first-order chi connectivity index (χ1) is 7.76. The van der Waals surface area contributed by atoms with Crippen molar-refractivity contribution in [2.24, 2.45) is 17.3 Å². The Morgan fingerprint density at radius 1 is 1.06 bits per heavy atom. The molecule has 17 heavy (non-hydrogen) atoms. The van der Waals surface area contributed by atoms with E-state index in [1.54, 1.807) is 0 Å². The predicted octanol–water partition coefficient (Wildman–Crippen LogP) is 3.93. The van der Waals surface area contributed by atoms with Gasteiger partial charge in [-0.3, -0.25) is 0 Å². The van der Waals surface area contributed by atoms with Gasteiger partial charge in [-0.2, -0.15) is 5.26 Å². The predicted molar refractivity (Wildman–Crippen MR) is 74.7 cm³/mol. The molecule has 0 heterocycles. The largest absolute Gasteiger partial charge is 0.303 e. The molecule has 0 fully saturated rings. The molecule has 0 rings (SSSR count). The lowest BCUT2D eigenvalue weighted by atomic mass is 9.90. The van der Waals surface area contributed by atoms with Crippen LogP contribution in [0.1, 0.15) is 54.4 Å². The molecule has 0 unspecified atom stereocenters. The van der Waals surface area contributed by atoms with Gasteiger partial charge in [0, 0.05) is 13.1 Å². The first-order valence-electron chi connectivity index (χ1n) is 6.90. The molecule has 0 radical (unpaired) electrons. The van der Waals surface area contributed by atoms with Gasteiger partial charge in [0.2, 0.25) is 0 Å². The maximum atomic E-state index is 8.99. The summed E-state index contributed by atoms with van der Waals surface area (Å²) in [6.45, 7) is 16.6. The highest BCUT2D eigenvalue weighted by Gasteiger charge is 2.17. The highest BCUT2D eigenvalue weighted by atomic mass is 15.1. The number of hydrogen-bond acceptors (Lipinski definition) is 2. The molecule has 0 aromatic rings. The molecule has 0 bridgehead atoms.